The van der Waals surface area contributed by atoms with Crippen molar-refractivity contribution >= 4 is 27.3 Å². The van der Waals surface area contributed by atoms with E-state index in [9.17, 15) is 0 Å². The molecule has 0 saturated heterocycles. The maximum absolute atomic E-state index is 5.43. The summed E-state index contributed by atoms with van der Waals surface area (Å²) in [7, 11) is 1.70. The topological polar surface area (TPSA) is 27.1 Å². The molecule has 0 atom stereocenters. The van der Waals surface area contributed by atoms with E-state index in [1.165, 1.54) is 4.88 Å². The number of ether oxygens (including phenoxy) is 1. The molecule has 3 nitrogen and oxygen atoms in total. The van der Waals surface area contributed by atoms with Crippen LogP contribution in [-0.2, 0) is 6.54 Å². The first-order valence-corrected chi connectivity index (χ1v) is 7.82. The molecule has 0 aliphatic rings. The van der Waals surface area contributed by atoms with Crippen molar-refractivity contribution in [1.82, 2.24) is 9.55 Å². The largest absolute Gasteiger partial charge is 0.496 e. The lowest BCUT2D eigenvalue weighted by molar-refractivity contribution is 0.408. The van der Waals surface area contributed by atoms with Gasteiger partial charge in [0.25, 0.3) is 0 Å². The summed E-state index contributed by atoms with van der Waals surface area (Å²) in [5, 5.41) is 2.06. The lowest BCUT2D eigenvalue weighted by atomic mass is 10.2. The summed E-state index contributed by atoms with van der Waals surface area (Å²) >= 11 is 5.20. The first-order chi connectivity index (χ1) is 9.78. The van der Waals surface area contributed by atoms with E-state index in [1.807, 2.05) is 30.6 Å². The number of halogens is 1. The van der Waals surface area contributed by atoms with Crippen molar-refractivity contribution < 1.29 is 4.74 Å². The molecule has 5 heteroatoms. The van der Waals surface area contributed by atoms with Gasteiger partial charge in [-0.3, -0.25) is 0 Å². The molecule has 2 aromatic heterocycles. The average molecular weight is 349 g/mol. The third-order valence-corrected chi connectivity index (χ3v) is 4.40. The molecular weight excluding hydrogens is 336 g/mol. The van der Waals surface area contributed by atoms with Crippen LogP contribution in [0.1, 0.15) is 5.56 Å². The van der Waals surface area contributed by atoms with Crippen LogP contribution in [0, 0.1) is 0 Å². The van der Waals surface area contributed by atoms with E-state index >= 15 is 0 Å². The van der Waals surface area contributed by atoms with Crippen LogP contribution >= 0.6 is 27.3 Å². The minimum Gasteiger partial charge on any atom is -0.496 e. The Hall–Kier alpha value is -1.59. The normalized spacial score (nSPS) is 10.7. The number of imidazole rings is 1. The molecule has 0 fully saturated rings. The van der Waals surface area contributed by atoms with Gasteiger partial charge in [-0.1, -0.05) is 22.0 Å². The standard InChI is InChI=1S/C15H13BrN2OS/c1-19-13-5-4-12(16)9-11(13)10-18-7-6-17-15(18)14-3-2-8-20-14/h2-9H,10H2,1H3. The van der Waals surface area contributed by atoms with Gasteiger partial charge < -0.3 is 9.30 Å². The van der Waals surface area contributed by atoms with E-state index in [0.29, 0.717) is 0 Å². The van der Waals surface area contributed by atoms with Crippen molar-refractivity contribution in [1.29, 1.82) is 0 Å². The molecule has 0 aliphatic heterocycles. The Morgan fingerprint density at radius 3 is 3.00 bits per heavy atom. The van der Waals surface area contributed by atoms with Crippen LogP contribution in [0.4, 0.5) is 0 Å². The lowest BCUT2D eigenvalue weighted by Gasteiger charge is -2.11. The first kappa shape index (κ1) is 13.4. The number of benzene rings is 1. The number of aromatic nitrogens is 2. The summed E-state index contributed by atoms with van der Waals surface area (Å²) in [5.74, 6) is 1.88. The third kappa shape index (κ3) is 2.64. The SMILES string of the molecule is COc1ccc(Br)cc1Cn1ccnc1-c1cccs1. The molecule has 0 unspecified atom stereocenters. The quantitative estimate of drug-likeness (QED) is 0.697. The number of rotatable bonds is 4. The number of hydrogen-bond donors (Lipinski definition) is 0. The fourth-order valence-corrected chi connectivity index (χ4v) is 3.27. The van der Waals surface area contributed by atoms with Crippen LogP contribution in [0.2, 0.25) is 0 Å². The molecule has 1 aromatic carbocycles. The van der Waals surface area contributed by atoms with Crippen LogP contribution in [0.3, 0.4) is 0 Å². The second-order valence-electron chi connectivity index (χ2n) is 4.31. The van der Waals surface area contributed by atoms with E-state index in [0.717, 1.165) is 28.2 Å². The fraction of sp³-hybridized carbons (Fsp3) is 0.133. The number of methoxy groups -OCH3 is 1. The van der Waals surface area contributed by atoms with E-state index in [-0.39, 0.29) is 0 Å². The van der Waals surface area contributed by atoms with Crippen LogP contribution in [-0.4, -0.2) is 16.7 Å². The molecule has 0 amide bonds. The maximum Gasteiger partial charge on any atom is 0.150 e. The van der Waals surface area contributed by atoms with Gasteiger partial charge in [0, 0.05) is 22.4 Å². The number of thiophene rings is 1. The minimum atomic E-state index is 0.732. The van der Waals surface area contributed by atoms with Gasteiger partial charge in [0.05, 0.1) is 18.5 Å². The Balaban J connectivity index is 1.97. The minimum absolute atomic E-state index is 0.732. The molecule has 0 N–H and O–H groups in total. The van der Waals surface area contributed by atoms with Gasteiger partial charge >= 0.3 is 0 Å². The maximum atomic E-state index is 5.43. The summed E-state index contributed by atoms with van der Waals surface area (Å²) in [5.41, 5.74) is 1.12. The second-order valence-corrected chi connectivity index (χ2v) is 6.18. The third-order valence-electron chi connectivity index (χ3n) is 3.04. The van der Waals surface area contributed by atoms with Crippen molar-refractivity contribution in [3.05, 3.63) is 58.1 Å². The molecule has 2 heterocycles. The van der Waals surface area contributed by atoms with Gasteiger partial charge in [-0.05, 0) is 29.6 Å². The van der Waals surface area contributed by atoms with E-state index in [4.69, 9.17) is 4.74 Å². The molecule has 20 heavy (non-hydrogen) atoms. The van der Waals surface area contributed by atoms with Crippen molar-refractivity contribution in [3.63, 3.8) is 0 Å². The Labute approximate surface area is 130 Å². The van der Waals surface area contributed by atoms with Gasteiger partial charge in [-0.2, -0.15) is 0 Å². The Bertz CT molecular complexity index is 706. The van der Waals surface area contributed by atoms with E-state index in [2.05, 4.69) is 43.0 Å². The van der Waals surface area contributed by atoms with Crippen molar-refractivity contribution in [2.45, 2.75) is 6.54 Å². The molecule has 102 valence electrons. The highest BCUT2D eigenvalue weighted by Gasteiger charge is 2.10. The molecule has 0 bridgehead atoms. The molecule has 3 aromatic rings. The smallest absolute Gasteiger partial charge is 0.150 e. The van der Waals surface area contributed by atoms with Gasteiger partial charge in [0.2, 0.25) is 0 Å². The highest BCUT2D eigenvalue weighted by molar-refractivity contribution is 9.10. The van der Waals surface area contributed by atoms with Gasteiger partial charge in [-0.15, -0.1) is 11.3 Å². The van der Waals surface area contributed by atoms with E-state index < -0.39 is 0 Å². The lowest BCUT2D eigenvalue weighted by Crippen LogP contribution is -2.02. The zero-order valence-corrected chi connectivity index (χ0v) is 13.3. The number of nitrogens with zero attached hydrogens (tertiary/aromatic N) is 2. The predicted octanol–water partition coefficient (Wildman–Crippen LogP) is 4.43. The Kier molecular flexibility index (Phi) is 3.89. The molecule has 0 spiro atoms. The highest BCUT2D eigenvalue weighted by atomic mass is 79.9. The van der Waals surface area contributed by atoms with Gasteiger partial charge in [0.1, 0.15) is 11.6 Å². The summed E-state index contributed by atoms with van der Waals surface area (Å²) in [6.45, 7) is 0.732. The molecule has 0 aliphatic carbocycles. The van der Waals surface area contributed by atoms with Crippen molar-refractivity contribution in [2.24, 2.45) is 0 Å². The summed E-state index contributed by atoms with van der Waals surface area (Å²) < 4.78 is 8.61. The van der Waals surface area contributed by atoms with Crippen LogP contribution < -0.4 is 4.74 Å². The predicted molar refractivity (Wildman–Crippen MR) is 85.3 cm³/mol. The molecule has 3 rings (SSSR count). The molecule has 0 saturated carbocycles. The van der Waals surface area contributed by atoms with Crippen molar-refractivity contribution in [3.8, 4) is 16.5 Å². The van der Waals surface area contributed by atoms with Gasteiger partial charge in [0.15, 0.2) is 0 Å². The van der Waals surface area contributed by atoms with Crippen molar-refractivity contribution in [2.75, 3.05) is 7.11 Å². The van der Waals surface area contributed by atoms with Crippen LogP contribution in [0.25, 0.3) is 10.7 Å². The number of hydrogen-bond acceptors (Lipinski definition) is 3. The van der Waals surface area contributed by atoms with Gasteiger partial charge in [-0.25, -0.2) is 4.98 Å². The van der Waals surface area contributed by atoms with E-state index in [1.54, 1.807) is 18.4 Å². The zero-order chi connectivity index (χ0) is 13.9. The Morgan fingerprint density at radius 1 is 1.35 bits per heavy atom. The second kappa shape index (κ2) is 5.81. The average Bonchev–Trinajstić information content (AvgIpc) is 3.09. The summed E-state index contributed by atoms with van der Waals surface area (Å²) in [6.07, 6.45) is 3.83. The van der Waals surface area contributed by atoms with Crippen LogP contribution in [0.15, 0.2) is 52.6 Å². The summed E-state index contributed by atoms with van der Waals surface area (Å²) in [4.78, 5) is 5.62. The monoisotopic (exact) mass is 348 g/mol. The Morgan fingerprint density at radius 2 is 2.25 bits per heavy atom. The fourth-order valence-electron chi connectivity index (χ4n) is 2.12. The molecular formula is C15H13BrN2OS. The first-order valence-electron chi connectivity index (χ1n) is 6.15. The van der Waals surface area contributed by atoms with Crippen LogP contribution in [0.5, 0.6) is 5.75 Å². The summed E-state index contributed by atoms with van der Waals surface area (Å²) in [6, 6.07) is 10.2. The molecule has 0 radical (unpaired) electrons. The highest BCUT2D eigenvalue weighted by Crippen LogP contribution is 2.27. The zero-order valence-electron chi connectivity index (χ0n) is 10.9.